The van der Waals surface area contributed by atoms with E-state index in [9.17, 15) is 9.90 Å². The Bertz CT molecular complexity index is 762. The number of aryl methyl sites for hydroxylation is 1. The first-order valence-corrected chi connectivity index (χ1v) is 6.82. The molecule has 0 saturated heterocycles. The molecule has 0 unspecified atom stereocenters. The van der Waals surface area contributed by atoms with E-state index >= 15 is 0 Å². The number of rotatable bonds is 3. The maximum atomic E-state index is 11.2. The van der Waals surface area contributed by atoms with Crippen LogP contribution in [0.3, 0.4) is 0 Å². The van der Waals surface area contributed by atoms with Gasteiger partial charge in [0.2, 0.25) is 0 Å². The molecule has 0 fully saturated rings. The van der Waals surface area contributed by atoms with Crippen LogP contribution in [0.25, 0.3) is 10.2 Å². The minimum Gasteiger partial charge on any atom is -0.478 e. The standard InChI is InChI=1S/C15H11NO3S/c1-9-6-7-12(10(8-9)14(17)18)19-15-16-11-4-2-3-5-13(11)20-15/h2-8H,1H3,(H,17,18). The molecule has 5 heteroatoms. The number of hydrogen-bond donors (Lipinski definition) is 1. The molecule has 0 saturated carbocycles. The number of ether oxygens (including phenoxy) is 1. The molecule has 0 amide bonds. The fraction of sp³-hybridized carbons (Fsp3) is 0.0667. The zero-order chi connectivity index (χ0) is 14.1. The van der Waals surface area contributed by atoms with E-state index in [0.29, 0.717) is 10.9 Å². The summed E-state index contributed by atoms with van der Waals surface area (Å²) in [7, 11) is 0. The summed E-state index contributed by atoms with van der Waals surface area (Å²) in [5, 5.41) is 9.65. The Morgan fingerprint density at radius 3 is 2.80 bits per heavy atom. The summed E-state index contributed by atoms with van der Waals surface area (Å²) < 4.78 is 6.64. The van der Waals surface area contributed by atoms with Crippen molar-refractivity contribution in [3.8, 4) is 10.9 Å². The molecule has 0 aliphatic rings. The topological polar surface area (TPSA) is 59.4 Å². The van der Waals surface area contributed by atoms with Crippen LogP contribution in [0.15, 0.2) is 42.5 Å². The van der Waals surface area contributed by atoms with E-state index in [4.69, 9.17) is 4.74 Å². The third-order valence-corrected chi connectivity index (χ3v) is 3.75. The lowest BCUT2D eigenvalue weighted by Crippen LogP contribution is -2.00. The smallest absolute Gasteiger partial charge is 0.339 e. The number of carboxylic acid groups (broad SMARTS) is 1. The molecular formula is C15H11NO3S. The highest BCUT2D eigenvalue weighted by molar-refractivity contribution is 7.20. The van der Waals surface area contributed by atoms with Gasteiger partial charge in [0.15, 0.2) is 0 Å². The van der Waals surface area contributed by atoms with Gasteiger partial charge >= 0.3 is 5.97 Å². The number of hydrogen-bond acceptors (Lipinski definition) is 4. The van der Waals surface area contributed by atoms with Crippen LogP contribution in [0.2, 0.25) is 0 Å². The minimum absolute atomic E-state index is 0.143. The summed E-state index contributed by atoms with van der Waals surface area (Å²) in [6, 6.07) is 12.7. The molecule has 20 heavy (non-hydrogen) atoms. The zero-order valence-electron chi connectivity index (χ0n) is 10.7. The molecule has 0 atom stereocenters. The van der Waals surface area contributed by atoms with Crippen LogP contribution in [0, 0.1) is 6.92 Å². The molecule has 0 aliphatic heterocycles. The zero-order valence-corrected chi connectivity index (χ0v) is 11.5. The lowest BCUT2D eigenvalue weighted by Gasteiger charge is -2.06. The van der Waals surface area contributed by atoms with E-state index in [2.05, 4.69) is 4.98 Å². The highest BCUT2D eigenvalue weighted by Gasteiger charge is 2.14. The van der Waals surface area contributed by atoms with Gasteiger partial charge in [0.25, 0.3) is 5.19 Å². The normalized spacial score (nSPS) is 10.7. The SMILES string of the molecule is Cc1ccc(Oc2nc3ccccc3s2)c(C(=O)O)c1. The maximum absolute atomic E-state index is 11.2. The van der Waals surface area contributed by atoms with Crippen molar-refractivity contribution in [1.82, 2.24) is 4.98 Å². The van der Waals surface area contributed by atoms with Crippen molar-refractivity contribution in [2.24, 2.45) is 0 Å². The fourth-order valence-electron chi connectivity index (χ4n) is 1.89. The third-order valence-electron chi connectivity index (χ3n) is 2.84. The summed E-state index contributed by atoms with van der Waals surface area (Å²) in [6.07, 6.45) is 0. The molecular weight excluding hydrogens is 274 g/mol. The van der Waals surface area contributed by atoms with Gasteiger partial charge in [-0.15, -0.1) is 0 Å². The molecule has 4 nitrogen and oxygen atoms in total. The summed E-state index contributed by atoms with van der Waals surface area (Å²) in [5.41, 5.74) is 1.86. The Balaban J connectivity index is 2.00. The lowest BCUT2D eigenvalue weighted by molar-refractivity contribution is 0.0694. The van der Waals surface area contributed by atoms with E-state index in [1.165, 1.54) is 11.3 Å². The number of fused-ring (bicyclic) bond motifs is 1. The number of carbonyl (C=O) groups is 1. The Morgan fingerprint density at radius 2 is 2.05 bits per heavy atom. The second-order valence-electron chi connectivity index (χ2n) is 4.35. The van der Waals surface area contributed by atoms with Gasteiger partial charge < -0.3 is 9.84 Å². The van der Waals surface area contributed by atoms with Crippen molar-refractivity contribution in [1.29, 1.82) is 0 Å². The van der Waals surface area contributed by atoms with Crippen LogP contribution in [-0.2, 0) is 0 Å². The van der Waals surface area contributed by atoms with Crippen molar-refractivity contribution in [2.75, 3.05) is 0 Å². The quantitative estimate of drug-likeness (QED) is 0.787. The summed E-state index contributed by atoms with van der Waals surface area (Å²) in [5.74, 6) is -0.702. The van der Waals surface area contributed by atoms with Gasteiger partial charge in [0, 0.05) is 0 Å². The molecule has 100 valence electrons. The van der Waals surface area contributed by atoms with Gasteiger partial charge in [0.05, 0.1) is 10.2 Å². The Labute approximate surface area is 119 Å². The number of nitrogens with zero attached hydrogens (tertiary/aromatic N) is 1. The minimum atomic E-state index is -1.01. The second-order valence-corrected chi connectivity index (χ2v) is 5.35. The molecule has 1 heterocycles. The summed E-state index contributed by atoms with van der Waals surface area (Å²) in [4.78, 5) is 15.6. The van der Waals surface area contributed by atoms with Gasteiger partial charge in [-0.2, -0.15) is 0 Å². The predicted octanol–water partition coefficient (Wildman–Crippen LogP) is 4.10. The van der Waals surface area contributed by atoms with E-state index in [1.807, 2.05) is 37.3 Å². The first-order valence-electron chi connectivity index (χ1n) is 6.01. The average Bonchev–Trinajstić information content (AvgIpc) is 2.82. The van der Waals surface area contributed by atoms with E-state index in [0.717, 1.165) is 15.8 Å². The highest BCUT2D eigenvalue weighted by Crippen LogP contribution is 2.32. The molecule has 0 bridgehead atoms. The van der Waals surface area contributed by atoms with Gasteiger partial charge in [-0.3, -0.25) is 0 Å². The van der Waals surface area contributed by atoms with E-state index in [1.54, 1.807) is 12.1 Å². The van der Waals surface area contributed by atoms with Crippen LogP contribution in [0.5, 0.6) is 10.9 Å². The Morgan fingerprint density at radius 1 is 1.25 bits per heavy atom. The van der Waals surface area contributed by atoms with Crippen molar-refractivity contribution in [3.63, 3.8) is 0 Å². The molecule has 0 spiro atoms. The predicted molar refractivity (Wildman–Crippen MR) is 77.8 cm³/mol. The van der Waals surface area contributed by atoms with Crippen LogP contribution < -0.4 is 4.74 Å². The first kappa shape index (κ1) is 12.6. The van der Waals surface area contributed by atoms with Crippen LogP contribution in [0.1, 0.15) is 15.9 Å². The van der Waals surface area contributed by atoms with Crippen molar-refractivity contribution in [3.05, 3.63) is 53.6 Å². The fourth-order valence-corrected chi connectivity index (χ4v) is 2.72. The summed E-state index contributed by atoms with van der Waals surface area (Å²) in [6.45, 7) is 1.84. The van der Waals surface area contributed by atoms with Gasteiger partial charge in [-0.05, 0) is 31.2 Å². The molecule has 1 aromatic heterocycles. The average molecular weight is 285 g/mol. The second kappa shape index (κ2) is 4.94. The maximum Gasteiger partial charge on any atom is 0.339 e. The van der Waals surface area contributed by atoms with Crippen LogP contribution >= 0.6 is 11.3 Å². The number of para-hydroxylation sites is 1. The van der Waals surface area contributed by atoms with Crippen LogP contribution in [0.4, 0.5) is 0 Å². The molecule has 2 aromatic carbocycles. The number of thiazole rings is 1. The monoisotopic (exact) mass is 285 g/mol. The number of carboxylic acids is 1. The molecule has 1 N–H and O–H groups in total. The third kappa shape index (κ3) is 2.35. The highest BCUT2D eigenvalue weighted by atomic mass is 32.1. The van der Waals surface area contributed by atoms with Gasteiger partial charge in [-0.1, -0.05) is 35.1 Å². The van der Waals surface area contributed by atoms with Crippen molar-refractivity contribution < 1.29 is 14.6 Å². The Hall–Kier alpha value is -2.40. The largest absolute Gasteiger partial charge is 0.478 e. The van der Waals surface area contributed by atoms with E-state index in [-0.39, 0.29) is 5.56 Å². The van der Waals surface area contributed by atoms with Gasteiger partial charge in [0.1, 0.15) is 11.3 Å². The van der Waals surface area contributed by atoms with Crippen LogP contribution in [-0.4, -0.2) is 16.1 Å². The molecule has 3 aromatic rings. The van der Waals surface area contributed by atoms with E-state index < -0.39 is 5.97 Å². The number of aromatic carboxylic acids is 1. The number of benzene rings is 2. The Kier molecular flexibility index (Phi) is 3.12. The molecule has 0 radical (unpaired) electrons. The molecule has 3 rings (SSSR count). The number of aromatic nitrogens is 1. The lowest BCUT2D eigenvalue weighted by atomic mass is 10.1. The van der Waals surface area contributed by atoms with Gasteiger partial charge in [-0.25, -0.2) is 9.78 Å². The van der Waals surface area contributed by atoms with Crippen molar-refractivity contribution >= 4 is 27.5 Å². The summed E-state index contributed by atoms with van der Waals surface area (Å²) >= 11 is 1.39. The first-order chi connectivity index (χ1) is 9.63. The van der Waals surface area contributed by atoms with Crippen molar-refractivity contribution in [2.45, 2.75) is 6.92 Å². The molecule has 0 aliphatic carbocycles.